The summed E-state index contributed by atoms with van der Waals surface area (Å²) < 4.78 is 5.86. The lowest BCUT2D eigenvalue weighted by Gasteiger charge is -2.33. The predicted molar refractivity (Wildman–Crippen MR) is 82.9 cm³/mol. The zero-order valence-corrected chi connectivity index (χ0v) is 13.3. The fraction of sp³-hybridized carbons (Fsp3) is 0.529. The molecule has 5 heteroatoms. The van der Waals surface area contributed by atoms with E-state index in [9.17, 15) is 14.7 Å². The molecule has 1 saturated heterocycles. The third-order valence-corrected chi connectivity index (χ3v) is 4.38. The van der Waals surface area contributed by atoms with Crippen molar-refractivity contribution in [2.24, 2.45) is 0 Å². The number of carbonyl (C=O) groups excluding carboxylic acids is 1. The highest BCUT2D eigenvalue weighted by atomic mass is 16.5. The summed E-state index contributed by atoms with van der Waals surface area (Å²) >= 11 is 0. The summed E-state index contributed by atoms with van der Waals surface area (Å²) in [6.07, 6.45) is 1.03. The van der Waals surface area contributed by atoms with Crippen LogP contribution in [0.5, 0.6) is 5.75 Å². The van der Waals surface area contributed by atoms with Gasteiger partial charge in [0.1, 0.15) is 11.3 Å². The third-order valence-electron chi connectivity index (χ3n) is 4.38. The fourth-order valence-corrected chi connectivity index (χ4v) is 2.86. The van der Waals surface area contributed by atoms with Crippen molar-refractivity contribution in [2.45, 2.75) is 51.7 Å². The Kier molecular flexibility index (Phi) is 4.74. The molecule has 0 aliphatic carbocycles. The first-order valence-corrected chi connectivity index (χ1v) is 7.67. The first kappa shape index (κ1) is 16.3. The number of hydrogen-bond donors (Lipinski definition) is 1. The molecule has 1 fully saturated rings. The predicted octanol–water partition coefficient (Wildman–Crippen LogP) is 2.62. The molecule has 1 amide bonds. The molecule has 5 nitrogen and oxygen atoms in total. The van der Waals surface area contributed by atoms with Crippen molar-refractivity contribution in [3.8, 4) is 5.75 Å². The molecule has 1 N–H and O–H groups in total. The van der Waals surface area contributed by atoms with Gasteiger partial charge in [0.15, 0.2) is 6.10 Å². The number of aryl methyl sites for hydroxylation is 1. The topological polar surface area (TPSA) is 66.8 Å². The molecular formula is C17H23NO4. The Labute approximate surface area is 130 Å². The molecule has 0 aromatic heterocycles. The lowest BCUT2D eigenvalue weighted by Crippen LogP contribution is -2.54. The van der Waals surface area contributed by atoms with Gasteiger partial charge in [0.05, 0.1) is 0 Å². The number of para-hydroxylation sites is 1. The number of rotatable bonds is 5. The Balaban J connectivity index is 2.19. The molecule has 1 aromatic rings. The summed E-state index contributed by atoms with van der Waals surface area (Å²) in [6.45, 7) is 5.87. The van der Waals surface area contributed by atoms with Gasteiger partial charge < -0.3 is 14.7 Å². The summed E-state index contributed by atoms with van der Waals surface area (Å²) in [5.74, 6) is -0.531. The maximum atomic E-state index is 12.7. The van der Waals surface area contributed by atoms with Gasteiger partial charge in [0.25, 0.3) is 5.91 Å². The van der Waals surface area contributed by atoms with E-state index in [1.807, 2.05) is 38.1 Å². The van der Waals surface area contributed by atoms with Crippen LogP contribution in [-0.2, 0) is 9.59 Å². The molecule has 120 valence electrons. The number of benzene rings is 1. The standard InChI is InChI=1S/C17H23NO4/c1-4-13(22-14-9-6-5-8-12(14)2)15(19)18-11-7-10-17(18,3)16(20)21/h5-6,8-9,13H,4,7,10-11H2,1-3H3,(H,20,21). The lowest BCUT2D eigenvalue weighted by atomic mass is 9.98. The van der Waals surface area contributed by atoms with Crippen molar-refractivity contribution in [3.63, 3.8) is 0 Å². The van der Waals surface area contributed by atoms with E-state index >= 15 is 0 Å². The van der Waals surface area contributed by atoms with Crippen LogP contribution in [0.1, 0.15) is 38.7 Å². The van der Waals surface area contributed by atoms with Gasteiger partial charge in [-0.05, 0) is 44.7 Å². The van der Waals surface area contributed by atoms with Gasteiger partial charge in [-0.2, -0.15) is 0 Å². The quantitative estimate of drug-likeness (QED) is 0.908. The van der Waals surface area contributed by atoms with Crippen LogP contribution >= 0.6 is 0 Å². The Morgan fingerprint density at radius 3 is 2.68 bits per heavy atom. The number of carboxylic acid groups (broad SMARTS) is 1. The number of nitrogens with zero attached hydrogens (tertiary/aromatic N) is 1. The number of likely N-dealkylation sites (tertiary alicyclic amines) is 1. The van der Waals surface area contributed by atoms with E-state index in [0.717, 1.165) is 5.56 Å². The molecule has 0 bridgehead atoms. The van der Waals surface area contributed by atoms with E-state index in [0.29, 0.717) is 31.6 Å². The Morgan fingerprint density at radius 2 is 2.09 bits per heavy atom. The van der Waals surface area contributed by atoms with E-state index < -0.39 is 17.6 Å². The van der Waals surface area contributed by atoms with Crippen molar-refractivity contribution in [3.05, 3.63) is 29.8 Å². The van der Waals surface area contributed by atoms with Gasteiger partial charge in [0, 0.05) is 6.54 Å². The van der Waals surface area contributed by atoms with Gasteiger partial charge in [0.2, 0.25) is 0 Å². The molecule has 0 saturated carbocycles. The van der Waals surface area contributed by atoms with E-state index in [1.165, 1.54) is 4.90 Å². The summed E-state index contributed by atoms with van der Waals surface area (Å²) in [6, 6.07) is 7.51. The van der Waals surface area contributed by atoms with Crippen LogP contribution in [0.25, 0.3) is 0 Å². The number of carboxylic acids is 1. The Bertz CT molecular complexity index is 572. The maximum absolute atomic E-state index is 12.7. The number of aliphatic carboxylic acids is 1. The molecule has 1 heterocycles. The van der Waals surface area contributed by atoms with Crippen LogP contribution in [0.2, 0.25) is 0 Å². The van der Waals surface area contributed by atoms with Crippen molar-refractivity contribution in [1.82, 2.24) is 4.90 Å². The van der Waals surface area contributed by atoms with Crippen LogP contribution in [0.15, 0.2) is 24.3 Å². The van der Waals surface area contributed by atoms with Gasteiger partial charge in [-0.25, -0.2) is 4.79 Å². The molecule has 2 rings (SSSR count). The summed E-state index contributed by atoms with van der Waals surface area (Å²) in [7, 11) is 0. The van der Waals surface area contributed by atoms with E-state index in [2.05, 4.69) is 0 Å². The number of amides is 1. The second-order valence-electron chi connectivity index (χ2n) is 5.95. The summed E-state index contributed by atoms with van der Waals surface area (Å²) in [5, 5.41) is 9.45. The van der Waals surface area contributed by atoms with Crippen molar-refractivity contribution >= 4 is 11.9 Å². The van der Waals surface area contributed by atoms with Gasteiger partial charge in [-0.3, -0.25) is 4.79 Å². The minimum atomic E-state index is -1.13. The molecule has 2 unspecified atom stereocenters. The van der Waals surface area contributed by atoms with Crippen LogP contribution in [0.3, 0.4) is 0 Å². The third kappa shape index (κ3) is 2.93. The fourth-order valence-electron chi connectivity index (χ4n) is 2.86. The average Bonchev–Trinajstić information content (AvgIpc) is 2.89. The molecule has 22 heavy (non-hydrogen) atoms. The van der Waals surface area contributed by atoms with Crippen molar-refractivity contribution in [1.29, 1.82) is 0 Å². The second kappa shape index (κ2) is 6.38. The molecule has 1 aliphatic heterocycles. The lowest BCUT2D eigenvalue weighted by molar-refractivity contribution is -0.158. The zero-order valence-electron chi connectivity index (χ0n) is 13.3. The Hall–Kier alpha value is -2.04. The molecule has 1 aromatic carbocycles. The molecule has 0 spiro atoms. The number of ether oxygens (including phenoxy) is 1. The van der Waals surface area contributed by atoms with Crippen LogP contribution in [0.4, 0.5) is 0 Å². The van der Waals surface area contributed by atoms with Gasteiger partial charge in [-0.1, -0.05) is 25.1 Å². The zero-order chi connectivity index (χ0) is 16.3. The van der Waals surface area contributed by atoms with Gasteiger partial charge >= 0.3 is 5.97 Å². The number of hydrogen-bond acceptors (Lipinski definition) is 3. The highest BCUT2D eigenvalue weighted by Gasteiger charge is 2.47. The molecule has 2 atom stereocenters. The summed E-state index contributed by atoms with van der Waals surface area (Å²) in [4.78, 5) is 25.7. The van der Waals surface area contributed by atoms with E-state index in [4.69, 9.17) is 4.74 Å². The monoisotopic (exact) mass is 305 g/mol. The van der Waals surface area contributed by atoms with Crippen LogP contribution < -0.4 is 4.74 Å². The Morgan fingerprint density at radius 1 is 1.41 bits per heavy atom. The van der Waals surface area contributed by atoms with Crippen LogP contribution in [-0.4, -0.2) is 40.1 Å². The first-order chi connectivity index (χ1) is 10.4. The van der Waals surface area contributed by atoms with E-state index in [1.54, 1.807) is 6.92 Å². The maximum Gasteiger partial charge on any atom is 0.329 e. The smallest absolute Gasteiger partial charge is 0.329 e. The van der Waals surface area contributed by atoms with Crippen molar-refractivity contribution in [2.75, 3.05) is 6.54 Å². The first-order valence-electron chi connectivity index (χ1n) is 7.67. The summed E-state index contributed by atoms with van der Waals surface area (Å²) in [5.41, 5.74) is -0.171. The largest absolute Gasteiger partial charge is 0.480 e. The van der Waals surface area contributed by atoms with Crippen LogP contribution in [0, 0.1) is 6.92 Å². The van der Waals surface area contributed by atoms with Gasteiger partial charge in [-0.15, -0.1) is 0 Å². The van der Waals surface area contributed by atoms with Crippen molar-refractivity contribution < 1.29 is 19.4 Å². The minimum absolute atomic E-state index is 0.242. The highest BCUT2D eigenvalue weighted by Crippen LogP contribution is 2.31. The average molecular weight is 305 g/mol. The molecule has 1 aliphatic rings. The second-order valence-corrected chi connectivity index (χ2v) is 5.95. The number of carbonyl (C=O) groups is 2. The molecule has 0 radical (unpaired) electrons. The minimum Gasteiger partial charge on any atom is -0.480 e. The molecular weight excluding hydrogens is 282 g/mol. The highest BCUT2D eigenvalue weighted by molar-refractivity contribution is 5.89. The SMILES string of the molecule is CCC(Oc1ccccc1C)C(=O)N1CCCC1(C)C(=O)O. The van der Waals surface area contributed by atoms with E-state index in [-0.39, 0.29) is 5.91 Å². The normalized spacial score (nSPS) is 22.4.